The van der Waals surface area contributed by atoms with Gasteiger partial charge in [-0.15, -0.1) is 0 Å². The summed E-state index contributed by atoms with van der Waals surface area (Å²) in [6, 6.07) is 2.63. The third-order valence-corrected chi connectivity index (χ3v) is 5.33. The average Bonchev–Trinajstić information content (AvgIpc) is 2.82. The standard InChI is InChI=1S/C17H32N4/c1-4-15(2)21-12-9-16(19-21)13-20(3)17(14-18)10-7-5-6-8-11-17/h9,12,15H,4-8,10-11,13-14,18H2,1-3H3. The van der Waals surface area contributed by atoms with E-state index in [0.717, 1.165) is 25.2 Å². The van der Waals surface area contributed by atoms with Gasteiger partial charge in [0.05, 0.1) is 5.69 Å². The second-order valence-corrected chi connectivity index (χ2v) is 6.74. The lowest BCUT2D eigenvalue weighted by Gasteiger charge is -2.40. The van der Waals surface area contributed by atoms with Gasteiger partial charge in [0.1, 0.15) is 0 Å². The first-order chi connectivity index (χ1) is 10.1. The Morgan fingerprint density at radius 3 is 2.57 bits per heavy atom. The molecule has 4 heteroatoms. The second kappa shape index (κ2) is 7.41. The van der Waals surface area contributed by atoms with E-state index in [1.165, 1.54) is 38.5 Å². The van der Waals surface area contributed by atoms with E-state index in [1.807, 2.05) is 0 Å². The molecule has 1 heterocycles. The van der Waals surface area contributed by atoms with Gasteiger partial charge in [0.2, 0.25) is 0 Å². The van der Waals surface area contributed by atoms with Crippen LogP contribution >= 0.6 is 0 Å². The van der Waals surface area contributed by atoms with E-state index in [9.17, 15) is 0 Å². The van der Waals surface area contributed by atoms with Crippen LogP contribution in [0, 0.1) is 0 Å². The summed E-state index contributed by atoms with van der Waals surface area (Å²) in [5.41, 5.74) is 7.51. The zero-order valence-corrected chi connectivity index (χ0v) is 14.0. The first-order valence-corrected chi connectivity index (χ1v) is 8.56. The Morgan fingerprint density at radius 1 is 1.33 bits per heavy atom. The molecule has 1 aliphatic rings. The third kappa shape index (κ3) is 3.86. The summed E-state index contributed by atoms with van der Waals surface area (Å²) < 4.78 is 2.09. The van der Waals surface area contributed by atoms with Gasteiger partial charge in [0.25, 0.3) is 0 Å². The van der Waals surface area contributed by atoms with E-state index in [0.29, 0.717) is 6.04 Å². The number of hydrogen-bond acceptors (Lipinski definition) is 3. The van der Waals surface area contributed by atoms with Crippen molar-refractivity contribution in [2.45, 2.75) is 76.9 Å². The predicted octanol–water partition coefficient (Wildman–Crippen LogP) is 3.34. The Morgan fingerprint density at radius 2 is 2.00 bits per heavy atom. The molecule has 2 rings (SSSR count). The van der Waals surface area contributed by atoms with Gasteiger partial charge in [0.15, 0.2) is 0 Å². The van der Waals surface area contributed by atoms with E-state index in [-0.39, 0.29) is 5.54 Å². The fourth-order valence-corrected chi connectivity index (χ4v) is 3.43. The van der Waals surface area contributed by atoms with Crippen molar-refractivity contribution in [3.63, 3.8) is 0 Å². The molecule has 0 aliphatic heterocycles. The van der Waals surface area contributed by atoms with Crippen molar-refractivity contribution in [1.82, 2.24) is 14.7 Å². The molecule has 4 nitrogen and oxygen atoms in total. The van der Waals surface area contributed by atoms with Crippen molar-refractivity contribution < 1.29 is 0 Å². The molecule has 1 aromatic heterocycles. The first kappa shape index (κ1) is 16.5. The van der Waals surface area contributed by atoms with Crippen LogP contribution in [-0.2, 0) is 6.54 Å². The van der Waals surface area contributed by atoms with Crippen LogP contribution < -0.4 is 5.73 Å². The van der Waals surface area contributed by atoms with Gasteiger partial charge < -0.3 is 5.73 Å². The molecular weight excluding hydrogens is 260 g/mol. The summed E-state index contributed by atoms with van der Waals surface area (Å²) in [7, 11) is 2.22. The molecule has 1 atom stereocenters. The molecule has 1 fully saturated rings. The predicted molar refractivity (Wildman–Crippen MR) is 88.2 cm³/mol. The van der Waals surface area contributed by atoms with E-state index < -0.39 is 0 Å². The van der Waals surface area contributed by atoms with E-state index >= 15 is 0 Å². The Kier molecular flexibility index (Phi) is 5.82. The highest BCUT2D eigenvalue weighted by Crippen LogP contribution is 2.31. The maximum atomic E-state index is 6.17. The molecule has 120 valence electrons. The van der Waals surface area contributed by atoms with E-state index in [1.54, 1.807) is 0 Å². The van der Waals surface area contributed by atoms with Gasteiger partial charge >= 0.3 is 0 Å². The van der Waals surface area contributed by atoms with Crippen molar-refractivity contribution in [2.24, 2.45) is 5.73 Å². The number of nitrogens with zero attached hydrogens (tertiary/aromatic N) is 3. The lowest BCUT2D eigenvalue weighted by molar-refractivity contribution is 0.0980. The Bertz CT molecular complexity index is 418. The quantitative estimate of drug-likeness (QED) is 0.818. The summed E-state index contributed by atoms with van der Waals surface area (Å²) in [5.74, 6) is 0. The molecule has 1 saturated carbocycles. The van der Waals surface area contributed by atoms with Crippen molar-refractivity contribution in [1.29, 1.82) is 0 Å². The molecule has 0 aromatic carbocycles. The van der Waals surface area contributed by atoms with Crippen molar-refractivity contribution >= 4 is 0 Å². The second-order valence-electron chi connectivity index (χ2n) is 6.74. The molecule has 1 aromatic rings. The summed E-state index contributed by atoms with van der Waals surface area (Å²) >= 11 is 0. The topological polar surface area (TPSA) is 47.1 Å². The van der Waals surface area contributed by atoms with Crippen molar-refractivity contribution in [3.05, 3.63) is 18.0 Å². The molecule has 0 radical (unpaired) electrons. The van der Waals surface area contributed by atoms with Crippen LogP contribution in [0.15, 0.2) is 12.3 Å². The molecule has 21 heavy (non-hydrogen) atoms. The summed E-state index contributed by atoms with van der Waals surface area (Å²) in [6.07, 6.45) is 11.0. The Labute approximate surface area is 129 Å². The molecule has 0 spiro atoms. The smallest absolute Gasteiger partial charge is 0.0764 e. The fourth-order valence-electron chi connectivity index (χ4n) is 3.43. The summed E-state index contributed by atoms with van der Waals surface area (Å²) in [4.78, 5) is 2.46. The SMILES string of the molecule is CCC(C)n1ccc(CN(C)C2(CN)CCCCCC2)n1. The van der Waals surface area contributed by atoms with Crippen LogP contribution in [0.25, 0.3) is 0 Å². The minimum Gasteiger partial charge on any atom is -0.329 e. The maximum Gasteiger partial charge on any atom is 0.0764 e. The molecular formula is C17H32N4. The molecule has 1 aliphatic carbocycles. The molecule has 1 unspecified atom stereocenters. The average molecular weight is 292 g/mol. The number of rotatable bonds is 6. The first-order valence-electron chi connectivity index (χ1n) is 8.56. The van der Waals surface area contributed by atoms with Gasteiger partial charge in [-0.3, -0.25) is 9.58 Å². The Balaban J connectivity index is 2.04. The van der Waals surface area contributed by atoms with Crippen LogP contribution in [0.2, 0.25) is 0 Å². The van der Waals surface area contributed by atoms with Gasteiger partial charge in [0, 0.05) is 30.9 Å². The molecule has 0 amide bonds. The highest BCUT2D eigenvalue weighted by atomic mass is 15.3. The fraction of sp³-hybridized carbons (Fsp3) is 0.824. The lowest BCUT2D eigenvalue weighted by Crippen LogP contribution is -2.51. The van der Waals surface area contributed by atoms with Crippen molar-refractivity contribution in [2.75, 3.05) is 13.6 Å². The third-order valence-electron chi connectivity index (χ3n) is 5.33. The largest absolute Gasteiger partial charge is 0.329 e. The number of aromatic nitrogens is 2. The zero-order valence-electron chi connectivity index (χ0n) is 14.0. The van der Waals surface area contributed by atoms with Crippen LogP contribution in [0.1, 0.15) is 70.5 Å². The van der Waals surface area contributed by atoms with Crippen LogP contribution in [0.3, 0.4) is 0 Å². The minimum absolute atomic E-state index is 0.177. The summed E-state index contributed by atoms with van der Waals surface area (Å²) in [5, 5.41) is 4.74. The molecule has 2 N–H and O–H groups in total. The van der Waals surface area contributed by atoms with Gasteiger partial charge in [-0.1, -0.05) is 32.6 Å². The molecule has 0 bridgehead atoms. The summed E-state index contributed by atoms with van der Waals surface area (Å²) in [6.45, 7) is 6.08. The van der Waals surface area contributed by atoms with Gasteiger partial charge in [-0.2, -0.15) is 5.10 Å². The van der Waals surface area contributed by atoms with Crippen molar-refractivity contribution in [3.8, 4) is 0 Å². The van der Waals surface area contributed by atoms with Gasteiger partial charge in [-0.25, -0.2) is 0 Å². The normalized spacial score (nSPS) is 20.4. The Hall–Kier alpha value is -0.870. The van der Waals surface area contributed by atoms with Crippen LogP contribution in [0.5, 0.6) is 0 Å². The maximum absolute atomic E-state index is 6.17. The highest BCUT2D eigenvalue weighted by Gasteiger charge is 2.33. The van der Waals surface area contributed by atoms with Gasteiger partial charge in [-0.05, 0) is 39.3 Å². The number of hydrogen-bond donors (Lipinski definition) is 1. The monoisotopic (exact) mass is 292 g/mol. The lowest BCUT2D eigenvalue weighted by atomic mass is 9.88. The van der Waals surface area contributed by atoms with E-state index in [4.69, 9.17) is 10.8 Å². The number of likely N-dealkylation sites (N-methyl/N-ethyl adjacent to an activating group) is 1. The zero-order chi connectivity index (χ0) is 15.3. The highest BCUT2D eigenvalue weighted by molar-refractivity contribution is 5.02. The minimum atomic E-state index is 0.177. The van der Waals surface area contributed by atoms with Crippen LogP contribution in [-0.4, -0.2) is 33.8 Å². The van der Waals surface area contributed by atoms with Crippen LogP contribution in [0.4, 0.5) is 0 Å². The molecule has 0 saturated heterocycles. The number of nitrogens with two attached hydrogens (primary N) is 1. The van der Waals surface area contributed by atoms with E-state index in [2.05, 4.69) is 42.7 Å².